The molecule has 1 atom stereocenters. The third-order valence-corrected chi connectivity index (χ3v) is 4.86. The van der Waals surface area contributed by atoms with Crippen molar-refractivity contribution in [2.24, 2.45) is 0 Å². The van der Waals surface area contributed by atoms with Crippen LogP contribution in [0.2, 0.25) is 0 Å². The summed E-state index contributed by atoms with van der Waals surface area (Å²) in [5.74, 6) is -0.185. The molecule has 0 saturated carbocycles. The smallest absolute Gasteiger partial charge is 0.254 e. The second-order valence-corrected chi connectivity index (χ2v) is 7.09. The van der Waals surface area contributed by atoms with E-state index in [1.165, 1.54) is 0 Å². The summed E-state index contributed by atoms with van der Waals surface area (Å²) >= 11 is 0. The number of benzene rings is 3. The molecule has 1 N–H and O–H groups in total. The predicted molar refractivity (Wildman–Crippen MR) is 103 cm³/mol. The Bertz CT molecular complexity index is 954. The topological polar surface area (TPSA) is 47.6 Å². The van der Waals surface area contributed by atoms with Gasteiger partial charge in [-0.1, -0.05) is 78.9 Å². The fourth-order valence-electron chi connectivity index (χ4n) is 3.35. The van der Waals surface area contributed by atoms with Crippen molar-refractivity contribution in [1.29, 1.82) is 0 Å². The first kappa shape index (κ1) is 17.5. The van der Waals surface area contributed by atoms with E-state index in [1.54, 1.807) is 6.07 Å². The highest BCUT2D eigenvalue weighted by atomic mass is 17.2. The van der Waals surface area contributed by atoms with Gasteiger partial charge >= 0.3 is 0 Å². The number of carbonyl (C=O) groups excluding carboxylic acids is 1. The lowest BCUT2D eigenvalue weighted by Gasteiger charge is -2.34. The van der Waals surface area contributed by atoms with Gasteiger partial charge in [0.25, 0.3) is 5.91 Å². The first-order chi connectivity index (χ1) is 13.0. The van der Waals surface area contributed by atoms with Crippen LogP contribution >= 0.6 is 0 Å². The normalized spacial score (nSPS) is 18.8. The molecule has 27 heavy (non-hydrogen) atoms. The number of hydrogen-bond acceptors (Lipinski definition) is 3. The van der Waals surface area contributed by atoms with Gasteiger partial charge in [0.15, 0.2) is 0 Å². The van der Waals surface area contributed by atoms with Crippen LogP contribution in [0.3, 0.4) is 0 Å². The first-order valence-electron chi connectivity index (χ1n) is 8.93. The molecule has 0 fully saturated rings. The van der Waals surface area contributed by atoms with Gasteiger partial charge in [-0.25, -0.2) is 4.89 Å². The van der Waals surface area contributed by atoms with Gasteiger partial charge in [0.05, 0.1) is 0 Å². The quantitative estimate of drug-likeness (QED) is 0.538. The van der Waals surface area contributed by atoms with E-state index in [2.05, 4.69) is 5.32 Å². The van der Waals surface area contributed by atoms with E-state index >= 15 is 0 Å². The molecule has 0 bridgehead atoms. The summed E-state index contributed by atoms with van der Waals surface area (Å²) in [7, 11) is 0. The minimum Gasteiger partial charge on any atom is -0.314 e. The lowest BCUT2D eigenvalue weighted by atomic mass is 9.94. The van der Waals surface area contributed by atoms with Crippen molar-refractivity contribution in [3.8, 4) is 0 Å². The van der Waals surface area contributed by atoms with Crippen LogP contribution in [0.5, 0.6) is 0 Å². The van der Waals surface area contributed by atoms with Gasteiger partial charge in [-0.05, 0) is 25.5 Å². The van der Waals surface area contributed by atoms with Crippen molar-refractivity contribution in [1.82, 2.24) is 5.32 Å². The summed E-state index contributed by atoms with van der Waals surface area (Å²) in [6.07, 6.45) is 0. The summed E-state index contributed by atoms with van der Waals surface area (Å²) < 4.78 is 0. The average Bonchev–Trinajstić information content (AvgIpc) is 3.01. The van der Waals surface area contributed by atoms with Crippen LogP contribution in [0.4, 0.5) is 0 Å². The van der Waals surface area contributed by atoms with Crippen LogP contribution in [0, 0.1) is 0 Å². The van der Waals surface area contributed by atoms with Crippen molar-refractivity contribution >= 4 is 5.91 Å². The van der Waals surface area contributed by atoms with E-state index in [9.17, 15) is 4.79 Å². The highest BCUT2D eigenvalue weighted by molar-refractivity contribution is 6.00. The van der Waals surface area contributed by atoms with Crippen molar-refractivity contribution < 1.29 is 14.6 Å². The van der Waals surface area contributed by atoms with Crippen molar-refractivity contribution in [2.75, 3.05) is 0 Å². The van der Waals surface area contributed by atoms with E-state index in [4.69, 9.17) is 9.78 Å². The Kier molecular flexibility index (Phi) is 4.30. The molecule has 0 spiro atoms. The van der Waals surface area contributed by atoms with Crippen LogP contribution < -0.4 is 5.32 Å². The summed E-state index contributed by atoms with van der Waals surface area (Å²) in [5.41, 5.74) is 1.21. The molecule has 1 aliphatic rings. The summed E-state index contributed by atoms with van der Waals surface area (Å²) in [5, 5.41) is 2.99. The Labute approximate surface area is 158 Å². The maximum atomic E-state index is 12.6. The standard InChI is InChI=1S/C23H21NO3/c1-22(2,17-11-5-3-6-12-17)26-27-23(18-13-7-4-8-14-18)20-16-10-9-15-19(20)21(25)24-23/h3-16H,1-2H3,(H,24,25). The highest BCUT2D eigenvalue weighted by Gasteiger charge is 2.48. The Morgan fingerprint density at radius 2 is 1.41 bits per heavy atom. The van der Waals surface area contributed by atoms with E-state index in [0.29, 0.717) is 5.56 Å². The van der Waals surface area contributed by atoms with Crippen LogP contribution in [0.15, 0.2) is 84.9 Å². The molecule has 4 nitrogen and oxygen atoms in total. The van der Waals surface area contributed by atoms with Gasteiger partial charge in [-0.15, -0.1) is 0 Å². The van der Waals surface area contributed by atoms with E-state index in [-0.39, 0.29) is 5.91 Å². The molecule has 0 aromatic heterocycles. The number of hydrogen-bond donors (Lipinski definition) is 1. The third-order valence-electron chi connectivity index (χ3n) is 4.86. The minimum absolute atomic E-state index is 0.185. The van der Waals surface area contributed by atoms with Gasteiger partial charge in [0.2, 0.25) is 5.72 Å². The van der Waals surface area contributed by atoms with Crippen molar-refractivity contribution in [3.05, 3.63) is 107 Å². The Morgan fingerprint density at radius 1 is 0.815 bits per heavy atom. The Hall–Kier alpha value is -2.95. The molecular formula is C23H21NO3. The molecule has 0 saturated heterocycles. The fraction of sp³-hybridized carbons (Fsp3) is 0.174. The zero-order chi connectivity index (χ0) is 18.9. The van der Waals surface area contributed by atoms with Crippen LogP contribution in [0.25, 0.3) is 0 Å². The van der Waals surface area contributed by atoms with Crippen LogP contribution in [-0.2, 0) is 21.1 Å². The van der Waals surface area contributed by atoms with E-state index < -0.39 is 11.3 Å². The molecule has 136 valence electrons. The summed E-state index contributed by atoms with van der Waals surface area (Å²) in [4.78, 5) is 24.6. The average molecular weight is 359 g/mol. The van der Waals surface area contributed by atoms with E-state index in [1.807, 2.05) is 92.7 Å². The van der Waals surface area contributed by atoms with Crippen molar-refractivity contribution in [2.45, 2.75) is 25.2 Å². The van der Waals surface area contributed by atoms with Crippen LogP contribution in [-0.4, -0.2) is 5.91 Å². The van der Waals surface area contributed by atoms with Gasteiger partial charge in [-0.2, -0.15) is 4.89 Å². The Balaban J connectivity index is 1.75. The second-order valence-electron chi connectivity index (χ2n) is 7.09. The van der Waals surface area contributed by atoms with Gasteiger partial charge in [0, 0.05) is 16.7 Å². The zero-order valence-corrected chi connectivity index (χ0v) is 15.3. The molecule has 0 aliphatic carbocycles. The van der Waals surface area contributed by atoms with E-state index in [0.717, 1.165) is 16.7 Å². The molecule has 1 amide bonds. The molecule has 1 unspecified atom stereocenters. The molecule has 4 heteroatoms. The SMILES string of the molecule is CC(C)(OOC1(c2ccccc2)NC(=O)c2ccccc21)c1ccccc1. The molecule has 3 aromatic rings. The maximum absolute atomic E-state index is 12.6. The fourth-order valence-corrected chi connectivity index (χ4v) is 3.35. The predicted octanol–water partition coefficient (Wildman–Crippen LogP) is 4.51. The number of nitrogens with one attached hydrogen (secondary N) is 1. The molecule has 4 rings (SSSR count). The third kappa shape index (κ3) is 3.03. The minimum atomic E-state index is -1.19. The number of carbonyl (C=O) groups is 1. The lowest BCUT2D eigenvalue weighted by molar-refractivity contribution is -0.410. The number of amides is 1. The first-order valence-corrected chi connectivity index (χ1v) is 8.93. The Morgan fingerprint density at radius 3 is 2.11 bits per heavy atom. The molecule has 0 radical (unpaired) electrons. The zero-order valence-electron chi connectivity index (χ0n) is 15.3. The lowest BCUT2D eigenvalue weighted by Crippen LogP contribution is -2.44. The summed E-state index contributed by atoms with van der Waals surface area (Å²) in [6.45, 7) is 3.87. The highest BCUT2D eigenvalue weighted by Crippen LogP contribution is 2.40. The summed E-state index contributed by atoms with van der Waals surface area (Å²) in [6, 6.07) is 26.8. The van der Waals surface area contributed by atoms with Crippen molar-refractivity contribution in [3.63, 3.8) is 0 Å². The monoisotopic (exact) mass is 359 g/mol. The maximum Gasteiger partial charge on any atom is 0.254 e. The van der Waals surface area contributed by atoms with Gasteiger partial charge in [0.1, 0.15) is 5.60 Å². The molecule has 3 aromatic carbocycles. The number of fused-ring (bicyclic) bond motifs is 1. The molecule has 1 aliphatic heterocycles. The second kappa shape index (κ2) is 6.65. The molecular weight excluding hydrogens is 338 g/mol. The van der Waals surface area contributed by atoms with Gasteiger partial charge < -0.3 is 5.32 Å². The molecule has 1 heterocycles. The van der Waals surface area contributed by atoms with Gasteiger partial charge in [-0.3, -0.25) is 4.79 Å². The van der Waals surface area contributed by atoms with Crippen LogP contribution in [0.1, 0.15) is 40.9 Å². The number of rotatable bonds is 5. The largest absolute Gasteiger partial charge is 0.314 e.